The molecule has 0 spiro atoms. The Labute approximate surface area is 176 Å². The van der Waals surface area contributed by atoms with Gasteiger partial charge >= 0.3 is 5.97 Å². The molecule has 4 nitrogen and oxygen atoms in total. The average Bonchev–Trinajstić information content (AvgIpc) is 2.70. The van der Waals surface area contributed by atoms with E-state index in [9.17, 15) is 15.0 Å². The highest BCUT2D eigenvalue weighted by atomic mass is 16.4. The lowest BCUT2D eigenvalue weighted by atomic mass is 9.39. The summed E-state index contributed by atoms with van der Waals surface area (Å²) in [5.41, 5.74) is 1.46. The Hall–Kier alpha value is -1.13. The number of hydrogen-bond acceptors (Lipinski definition) is 3. The van der Waals surface area contributed by atoms with Crippen LogP contribution >= 0.6 is 0 Å². The average molecular weight is 405 g/mol. The van der Waals surface area contributed by atoms with E-state index in [1.807, 2.05) is 6.08 Å². The molecule has 3 aliphatic carbocycles. The molecule has 6 atom stereocenters. The number of aliphatic hydroxyl groups is 2. The van der Waals surface area contributed by atoms with Crippen LogP contribution in [0.2, 0.25) is 0 Å². The van der Waals surface area contributed by atoms with Crippen LogP contribution in [0.25, 0.3) is 0 Å². The van der Waals surface area contributed by atoms with E-state index >= 15 is 0 Å². The highest BCUT2D eigenvalue weighted by Crippen LogP contribution is 2.67. The highest BCUT2D eigenvalue weighted by molar-refractivity contribution is 5.66. The van der Waals surface area contributed by atoms with Gasteiger partial charge in [-0.25, -0.2) is 0 Å². The number of carboxylic acid groups (broad SMARTS) is 1. The molecule has 29 heavy (non-hydrogen) atoms. The fourth-order valence-electron chi connectivity index (χ4n) is 6.82. The van der Waals surface area contributed by atoms with Crippen molar-refractivity contribution in [3.05, 3.63) is 23.8 Å². The van der Waals surface area contributed by atoms with Gasteiger partial charge in [0.05, 0.1) is 12.2 Å². The van der Waals surface area contributed by atoms with Crippen molar-refractivity contribution in [3.63, 3.8) is 0 Å². The summed E-state index contributed by atoms with van der Waals surface area (Å²) < 4.78 is 0. The predicted octanol–water partition coefficient (Wildman–Crippen LogP) is 4.95. The van der Waals surface area contributed by atoms with Gasteiger partial charge in [-0.2, -0.15) is 0 Å². The molecule has 0 amide bonds. The third kappa shape index (κ3) is 4.34. The van der Waals surface area contributed by atoms with Crippen molar-refractivity contribution in [1.29, 1.82) is 0 Å². The largest absolute Gasteiger partial charge is 0.481 e. The maximum atomic E-state index is 10.9. The fourth-order valence-corrected chi connectivity index (χ4v) is 6.82. The monoisotopic (exact) mass is 404 g/mol. The number of hydrogen-bond donors (Lipinski definition) is 3. The third-order valence-corrected chi connectivity index (χ3v) is 8.29. The van der Waals surface area contributed by atoms with Gasteiger partial charge in [0.15, 0.2) is 0 Å². The first-order chi connectivity index (χ1) is 13.8. The maximum absolute atomic E-state index is 10.9. The molecule has 2 unspecified atom stereocenters. The van der Waals surface area contributed by atoms with Gasteiger partial charge < -0.3 is 15.3 Å². The zero-order valence-corrected chi connectivity index (χ0v) is 18.4. The minimum absolute atomic E-state index is 0.0575. The number of aliphatic carboxylic acids is 1. The van der Waals surface area contributed by atoms with Crippen LogP contribution in [0.1, 0.15) is 78.6 Å². The van der Waals surface area contributed by atoms with E-state index in [4.69, 9.17) is 5.11 Å². The Bertz CT molecular complexity index is 631. The molecule has 0 saturated heterocycles. The van der Waals surface area contributed by atoms with Crippen molar-refractivity contribution in [3.8, 4) is 0 Å². The second-order valence-electron chi connectivity index (χ2n) is 10.1. The van der Waals surface area contributed by atoms with E-state index in [0.29, 0.717) is 30.1 Å². The lowest BCUT2D eigenvalue weighted by Gasteiger charge is -2.65. The highest BCUT2D eigenvalue weighted by Gasteiger charge is 2.62. The molecule has 3 fully saturated rings. The predicted molar refractivity (Wildman–Crippen MR) is 115 cm³/mol. The van der Waals surface area contributed by atoms with Crippen LogP contribution in [0.3, 0.4) is 0 Å². The summed E-state index contributed by atoms with van der Waals surface area (Å²) in [6.45, 7) is 6.76. The van der Waals surface area contributed by atoms with Crippen LogP contribution in [0.4, 0.5) is 0 Å². The lowest BCUT2D eigenvalue weighted by Crippen LogP contribution is -2.60. The van der Waals surface area contributed by atoms with Crippen molar-refractivity contribution in [1.82, 2.24) is 0 Å². The van der Waals surface area contributed by atoms with Gasteiger partial charge in [-0.1, -0.05) is 63.8 Å². The van der Waals surface area contributed by atoms with E-state index in [0.717, 1.165) is 25.7 Å². The first-order valence-electron chi connectivity index (χ1n) is 11.8. The summed E-state index contributed by atoms with van der Waals surface area (Å²) in [6.07, 6.45) is 13.9. The summed E-state index contributed by atoms with van der Waals surface area (Å²) in [7, 11) is 0. The van der Waals surface area contributed by atoms with Crippen molar-refractivity contribution >= 4 is 5.97 Å². The van der Waals surface area contributed by atoms with Crippen LogP contribution in [0.15, 0.2) is 23.8 Å². The van der Waals surface area contributed by atoms with Gasteiger partial charge in [-0.05, 0) is 61.2 Å². The quantitative estimate of drug-likeness (QED) is 0.524. The van der Waals surface area contributed by atoms with Crippen LogP contribution < -0.4 is 0 Å². The molecule has 3 rings (SSSR count). The fraction of sp³-hybridized carbons (Fsp3) is 0.800. The van der Waals surface area contributed by atoms with E-state index in [2.05, 4.69) is 32.9 Å². The molecule has 3 N–H and O–H groups in total. The summed E-state index contributed by atoms with van der Waals surface area (Å²) in [4.78, 5) is 10.9. The number of carboxylic acids is 1. The number of fused-ring (bicyclic) bond motifs is 1. The Kier molecular flexibility index (Phi) is 7.27. The van der Waals surface area contributed by atoms with Crippen LogP contribution in [-0.2, 0) is 4.79 Å². The second kappa shape index (κ2) is 9.34. The number of carbonyl (C=O) groups is 1. The van der Waals surface area contributed by atoms with Gasteiger partial charge in [-0.15, -0.1) is 0 Å². The van der Waals surface area contributed by atoms with E-state index < -0.39 is 12.1 Å². The summed E-state index contributed by atoms with van der Waals surface area (Å²) in [5, 5.41) is 30.5. The standard InChI is InChI=1S/C25H40O4/c1-16(2)25-15-14-22(27)19(12-13-21(26)18-8-5-4-6-9-18)24(25)17(3)20(25)10-7-11-23(28)29/h10,12-13,16-19,21-22,24,26-27H,4-9,11,14-15H2,1-3H3,(H,28,29)/t17?,19-,21?,22+,24+,25-/m1/s1. The molecule has 0 heterocycles. The Morgan fingerprint density at radius 3 is 2.52 bits per heavy atom. The van der Waals surface area contributed by atoms with E-state index in [1.54, 1.807) is 0 Å². The zero-order valence-electron chi connectivity index (χ0n) is 18.4. The minimum Gasteiger partial charge on any atom is -0.481 e. The van der Waals surface area contributed by atoms with Gasteiger partial charge in [-0.3, -0.25) is 4.79 Å². The molecular weight excluding hydrogens is 364 g/mol. The van der Waals surface area contributed by atoms with Gasteiger partial charge in [0, 0.05) is 12.3 Å². The van der Waals surface area contributed by atoms with Crippen LogP contribution in [-0.4, -0.2) is 33.5 Å². The van der Waals surface area contributed by atoms with Crippen molar-refractivity contribution in [2.45, 2.75) is 90.8 Å². The number of aliphatic hydroxyl groups excluding tert-OH is 2. The van der Waals surface area contributed by atoms with Gasteiger partial charge in [0.1, 0.15) is 0 Å². The maximum Gasteiger partial charge on any atom is 0.303 e. The molecule has 0 aromatic rings. The molecule has 0 aromatic heterocycles. The molecule has 3 saturated carbocycles. The van der Waals surface area contributed by atoms with Crippen molar-refractivity contribution < 1.29 is 20.1 Å². The third-order valence-electron chi connectivity index (χ3n) is 8.29. The summed E-state index contributed by atoms with van der Waals surface area (Å²) in [6, 6.07) is 0. The smallest absolute Gasteiger partial charge is 0.303 e. The first-order valence-corrected chi connectivity index (χ1v) is 11.8. The van der Waals surface area contributed by atoms with Crippen molar-refractivity contribution in [2.75, 3.05) is 0 Å². The summed E-state index contributed by atoms with van der Waals surface area (Å²) >= 11 is 0. The molecule has 0 aliphatic heterocycles. The topological polar surface area (TPSA) is 77.8 Å². The Morgan fingerprint density at radius 2 is 1.90 bits per heavy atom. The minimum atomic E-state index is -0.749. The normalized spacial score (nSPS) is 38.2. The SMILES string of the molecule is CC1C(=CCCC(=O)O)[C@]2(C(C)C)CC[C@H](O)[C@@H](C=CC(O)C3CCCCC3)[C@H]12. The van der Waals surface area contributed by atoms with Crippen LogP contribution in [0, 0.1) is 35.0 Å². The van der Waals surface area contributed by atoms with E-state index in [-0.39, 0.29) is 23.9 Å². The second-order valence-corrected chi connectivity index (χ2v) is 10.1. The van der Waals surface area contributed by atoms with Crippen LogP contribution in [0.5, 0.6) is 0 Å². The Morgan fingerprint density at radius 1 is 1.21 bits per heavy atom. The zero-order chi connectivity index (χ0) is 21.2. The molecule has 164 valence electrons. The van der Waals surface area contributed by atoms with E-state index in [1.165, 1.54) is 24.8 Å². The van der Waals surface area contributed by atoms with Crippen molar-refractivity contribution in [2.24, 2.45) is 35.0 Å². The molecular formula is C25H40O4. The molecule has 0 radical (unpaired) electrons. The molecule has 0 aromatic carbocycles. The summed E-state index contributed by atoms with van der Waals surface area (Å²) in [5.74, 6) is 0.837. The lowest BCUT2D eigenvalue weighted by molar-refractivity contribution is -0.136. The molecule has 4 heteroatoms. The van der Waals surface area contributed by atoms with Gasteiger partial charge in [0.2, 0.25) is 0 Å². The number of rotatable bonds is 7. The molecule has 0 bridgehead atoms. The van der Waals surface area contributed by atoms with Gasteiger partial charge in [0.25, 0.3) is 0 Å². The number of allylic oxidation sites excluding steroid dienone is 2. The first kappa shape index (κ1) is 22.6. The Balaban J connectivity index is 1.78. The molecule has 3 aliphatic rings.